The van der Waals surface area contributed by atoms with Crippen molar-refractivity contribution in [2.75, 3.05) is 0 Å². The number of hydrogen-bond acceptors (Lipinski definition) is 3. The second-order valence-electron chi connectivity index (χ2n) is 3.92. The highest BCUT2D eigenvalue weighted by atomic mass is 19.1. The Hall–Kier alpha value is -2.62. The highest BCUT2D eigenvalue weighted by Crippen LogP contribution is 2.23. The van der Waals surface area contributed by atoms with E-state index in [0.717, 1.165) is 6.08 Å². The second-order valence-corrected chi connectivity index (χ2v) is 3.92. The van der Waals surface area contributed by atoms with Gasteiger partial charge in [-0.05, 0) is 42.5 Å². The van der Waals surface area contributed by atoms with E-state index in [4.69, 9.17) is 0 Å². The number of benzene rings is 2. The summed E-state index contributed by atoms with van der Waals surface area (Å²) in [6.45, 7) is 0. The van der Waals surface area contributed by atoms with Crippen molar-refractivity contribution >= 4 is 11.9 Å². The molecule has 19 heavy (non-hydrogen) atoms. The van der Waals surface area contributed by atoms with Crippen molar-refractivity contribution in [2.24, 2.45) is 0 Å². The summed E-state index contributed by atoms with van der Waals surface area (Å²) in [7, 11) is 0. The van der Waals surface area contributed by atoms with E-state index in [-0.39, 0.29) is 22.6 Å². The van der Waals surface area contributed by atoms with Gasteiger partial charge in [0, 0.05) is 5.56 Å². The lowest BCUT2D eigenvalue weighted by atomic mass is 10.1. The molecule has 0 heterocycles. The molecule has 0 spiro atoms. The third-order valence-electron chi connectivity index (χ3n) is 2.56. The minimum absolute atomic E-state index is 0.0317. The van der Waals surface area contributed by atoms with E-state index >= 15 is 0 Å². The van der Waals surface area contributed by atoms with E-state index in [2.05, 4.69) is 0 Å². The third-order valence-corrected chi connectivity index (χ3v) is 2.56. The lowest BCUT2D eigenvalue weighted by Gasteiger charge is -2.00. The summed E-state index contributed by atoms with van der Waals surface area (Å²) < 4.78 is 13.4. The maximum absolute atomic E-state index is 13.4. The Morgan fingerprint density at radius 1 is 1.11 bits per heavy atom. The third kappa shape index (κ3) is 2.98. The average Bonchev–Trinajstić information content (AvgIpc) is 2.40. The lowest BCUT2D eigenvalue weighted by Crippen LogP contribution is -1.97. The first-order valence-electron chi connectivity index (χ1n) is 5.57. The molecule has 0 amide bonds. The molecule has 4 heteroatoms. The molecule has 0 bridgehead atoms. The Balaban J connectivity index is 2.26. The number of carbonyl (C=O) groups is 1. The molecule has 3 nitrogen and oxygen atoms in total. The van der Waals surface area contributed by atoms with Gasteiger partial charge in [0.2, 0.25) is 0 Å². The van der Waals surface area contributed by atoms with Crippen molar-refractivity contribution < 1.29 is 19.4 Å². The summed E-state index contributed by atoms with van der Waals surface area (Å²) in [5, 5.41) is 18.8. The summed E-state index contributed by atoms with van der Waals surface area (Å²) >= 11 is 0. The topological polar surface area (TPSA) is 57.5 Å². The minimum atomic E-state index is -0.600. The van der Waals surface area contributed by atoms with Gasteiger partial charge in [0.25, 0.3) is 0 Å². The Kier molecular flexibility index (Phi) is 3.61. The maximum Gasteiger partial charge on any atom is 0.188 e. The van der Waals surface area contributed by atoms with Gasteiger partial charge in [-0.3, -0.25) is 4.79 Å². The van der Waals surface area contributed by atoms with Crippen molar-refractivity contribution in [3.8, 4) is 11.5 Å². The van der Waals surface area contributed by atoms with Gasteiger partial charge in [-0.2, -0.15) is 0 Å². The molecule has 2 rings (SSSR count). The normalized spacial score (nSPS) is 10.8. The van der Waals surface area contributed by atoms with Crippen LogP contribution < -0.4 is 0 Å². The average molecular weight is 258 g/mol. The van der Waals surface area contributed by atoms with Gasteiger partial charge in [0.15, 0.2) is 5.78 Å². The molecule has 2 aromatic carbocycles. The zero-order valence-corrected chi connectivity index (χ0v) is 9.88. The Morgan fingerprint density at radius 3 is 2.58 bits per heavy atom. The first-order chi connectivity index (χ1) is 9.08. The highest BCUT2D eigenvalue weighted by molar-refractivity contribution is 6.07. The number of phenolic OH excluding ortho intramolecular Hbond substituents is 2. The number of aromatic hydroxyl groups is 2. The van der Waals surface area contributed by atoms with Gasteiger partial charge in [-0.15, -0.1) is 0 Å². The molecular weight excluding hydrogens is 247 g/mol. The van der Waals surface area contributed by atoms with Crippen LogP contribution in [0, 0.1) is 5.82 Å². The van der Waals surface area contributed by atoms with Crippen LogP contribution in [0.15, 0.2) is 48.5 Å². The number of hydrogen-bond donors (Lipinski definition) is 2. The molecule has 0 saturated heterocycles. The molecular formula is C15H11FO3. The van der Waals surface area contributed by atoms with Gasteiger partial charge >= 0.3 is 0 Å². The zero-order chi connectivity index (χ0) is 13.8. The minimum Gasteiger partial charge on any atom is -0.508 e. The summed E-state index contributed by atoms with van der Waals surface area (Å²) in [6, 6.07) is 9.58. The van der Waals surface area contributed by atoms with E-state index < -0.39 is 11.6 Å². The molecule has 0 aromatic heterocycles. The Bertz CT molecular complexity index is 648. The quantitative estimate of drug-likeness (QED) is 0.505. The Labute approximate surface area is 109 Å². The van der Waals surface area contributed by atoms with Crippen LogP contribution in [0.1, 0.15) is 15.9 Å². The number of carbonyl (C=O) groups excluding carboxylic acids is 1. The number of rotatable bonds is 3. The van der Waals surface area contributed by atoms with Crippen LogP contribution in [0.3, 0.4) is 0 Å². The maximum atomic E-state index is 13.4. The van der Waals surface area contributed by atoms with Gasteiger partial charge in [0.1, 0.15) is 17.3 Å². The van der Waals surface area contributed by atoms with E-state index in [1.807, 2.05) is 0 Å². The summed E-state index contributed by atoms with van der Waals surface area (Å²) in [6.07, 6.45) is 2.47. The summed E-state index contributed by atoms with van der Waals surface area (Å²) in [5.74, 6) is -1.22. The lowest BCUT2D eigenvalue weighted by molar-refractivity contribution is 0.104. The van der Waals surface area contributed by atoms with Gasteiger partial charge in [-0.25, -0.2) is 4.39 Å². The molecule has 2 N–H and O–H groups in total. The highest BCUT2D eigenvalue weighted by Gasteiger charge is 2.07. The van der Waals surface area contributed by atoms with E-state index in [1.165, 1.54) is 42.5 Å². The number of phenols is 2. The fourth-order valence-corrected chi connectivity index (χ4v) is 1.59. The molecule has 0 unspecified atom stereocenters. The van der Waals surface area contributed by atoms with E-state index in [0.29, 0.717) is 0 Å². The largest absolute Gasteiger partial charge is 0.508 e. The van der Waals surface area contributed by atoms with Crippen molar-refractivity contribution in [3.63, 3.8) is 0 Å². The first-order valence-corrected chi connectivity index (χ1v) is 5.57. The van der Waals surface area contributed by atoms with Crippen LogP contribution >= 0.6 is 0 Å². The predicted molar refractivity (Wildman–Crippen MR) is 69.5 cm³/mol. The number of ketones is 1. The molecule has 0 aliphatic carbocycles. The van der Waals surface area contributed by atoms with Gasteiger partial charge < -0.3 is 10.2 Å². The van der Waals surface area contributed by atoms with Crippen LogP contribution in [0.5, 0.6) is 11.5 Å². The summed E-state index contributed by atoms with van der Waals surface area (Å²) in [5.41, 5.74) is 0.239. The number of allylic oxidation sites excluding steroid dienone is 1. The SMILES string of the molecule is O=C(/C=C/c1cc(O)ccc1O)c1ccccc1F. The Morgan fingerprint density at radius 2 is 1.84 bits per heavy atom. The molecule has 2 aromatic rings. The fraction of sp³-hybridized carbons (Fsp3) is 0. The standard InChI is InChI=1S/C15H11FO3/c16-13-4-2-1-3-12(13)15(19)7-5-10-9-11(17)6-8-14(10)18/h1-9,17-18H/b7-5+. The molecule has 0 aliphatic heterocycles. The van der Waals surface area contributed by atoms with Gasteiger partial charge in [-0.1, -0.05) is 12.1 Å². The van der Waals surface area contributed by atoms with Crippen LogP contribution in [0.2, 0.25) is 0 Å². The van der Waals surface area contributed by atoms with Crippen molar-refractivity contribution in [3.05, 3.63) is 65.5 Å². The van der Waals surface area contributed by atoms with Crippen molar-refractivity contribution in [2.45, 2.75) is 0 Å². The zero-order valence-electron chi connectivity index (χ0n) is 9.88. The van der Waals surface area contributed by atoms with Crippen LogP contribution in [0.25, 0.3) is 6.08 Å². The molecule has 96 valence electrons. The summed E-state index contributed by atoms with van der Waals surface area (Å²) in [4.78, 5) is 11.8. The first kappa shape index (κ1) is 12.8. The monoisotopic (exact) mass is 258 g/mol. The van der Waals surface area contributed by atoms with E-state index in [1.54, 1.807) is 6.07 Å². The molecule has 0 fully saturated rings. The molecule has 0 atom stereocenters. The van der Waals surface area contributed by atoms with Crippen LogP contribution in [-0.4, -0.2) is 16.0 Å². The van der Waals surface area contributed by atoms with E-state index in [9.17, 15) is 19.4 Å². The molecule has 0 saturated carbocycles. The second kappa shape index (κ2) is 5.35. The van der Waals surface area contributed by atoms with Gasteiger partial charge in [0.05, 0.1) is 5.56 Å². The smallest absolute Gasteiger partial charge is 0.188 e. The van der Waals surface area contributed by atoms with Crippen LogP contribution in [0.4, 0.5) is 4.39 Å². The van der Waals surface area contributed by atoms with Crippen molar-refractivity contribution in [1.82, 2.24) is 0 Å². The molecule has 0 radical (unpaired) electrons. The predicted octanol–water partition coefficient (Wildman–Crippen LogP) is 3.13. The van der Waals surface area contributed by atoms with Crippen LogP contribution in [-0.2, 0) is 0 Å². The molecule has 0 aliphatic rings. The van der Waals surface area contributed by atoms with Crippen molar-refractivity contribution in [1.29, 1.82) is 0 Å². The number of halogens is 1. The fourth-order valence-electron chi connectivity index (χ4n) is 1.59.